The lowest BCUT2D eigenvalue weighted by Gasteiger charge is -2.22. The van der Waals surface area contributed by atoms with E-state index in [0.29, 0.717) is 18.4 Å². The number of nitrogens with zero attached hydrogens (tertiary/aromatic N) is 3. The second-order valence-corrected chi connectivity index (χ2v) is 8.14. The fourth-order valence-corrected chi connectivity index (χ4v) is 4.35. The SMILES string of the molecule is CC(NC(=O)CN1C(=O)NC2(CCc3ccccc32)C1=O)c1nc(-c2ccc(F)cc2)no1. The molecule has 2 unspecified atom stereocenters. The largest absolute Gasteiger partial charge is 0.343 e. The Kier molecular flexibility index (Phi) is 4.92. The Hall–Kier alpha value is -4.08. The molecule has 4 amide bonds. The molecule has 2 aliphatic rings. The van der Waals surface area contributed by atoms with Crippen molar-refractivity contribution < 1.29 is 23.3 Å². The van der Waals surface area contributed by atoms with Gasteiger partial charge < -0.3 is 15.2 Å². The quantitative estimate of drug-likeness (QED) is 0.578. The van der Waals surface area contributed by atoms with Gasteiger partial charge in [0.2, 0.25) is 17.6 Å². The normalized spacial score (nSPS) is 20.1. The summed E-state index contributed by atoms with van der Waals surface area (Å²) >= 11 is 0. The molecule has 1 fully saturated rings. The summed E-state index contributed by atoms with van der Waals surface area (Å²) in [4.78, 5) is 43.5. The van der Waals surface area contributed by atoms with Crippen LogP contribution in [-0.2, 0) is 21.5 Å². The van der Waals surface area contributed by atoms with Crippen molar-refractivity contribution in [1.29, 1.82) is 0 Å². The summed E-state index contributed by atoms with van der Waals surface area (Å²) in [6.45, 7) is 1.21. The van der Waals surface area contributed by atoms with E-state index >= 15 is 0 Å². The van der Waals surface area contributed by atoms with Crippen LogP contribution in [0.2, 0.25) is 0 Å². The predicted molar refractivity (Wildman–Crippen MR) is 113 cm³/mol. The highest BCUT2D eigenvalue weighted by Crippen LogP contribution is 2.41. The number of benzene rings is 2. The number of aromatic nitrogens is 2. The monoisotopic (exact) mass is 449 g/mol. The molecule has 1 aliphatic heterocycles. The van der Waals surface area contributed by atoms with Crippen molar-refractivity contribution in [3.05, 3.63) is 71.4 Å². The van der Waals surface area contributed by atoms with Crippen LogP contribution in [0, 0.1) is 5.82 Å². The second kappa shape index (κ2) is 7.80. The van der Waals surface area contributed by atoms with Crippen molar-refractivity contribution in [2.45, 2.75) is 31.3 Å². The number of aryl methyl sites for hydroxylation is 1. The molecule has 0 radical (unpaired) electrons. The Labute approximate surface area is 188 Å². The van der Waals surface area contributed by atoms with Crippen molar-refractivity contribution in [2.75, 3.05) is 6.54 Å². The standard InChI is InChI=1S/C23H20FN5O4/c1-13(20-26-19(28-33-20)15-6-8-16(24)9-7-15)25-18(30)12-29-21(31)23(27-22(29)32)11-10-14-4-2-3-5-17(14)23/h2-9,13H,10-12H2,1H3,(H,25,30)(H,27,32). The van der Waals surface area contributed by atoms with Crippen molar-refractivity contribution in [2.24, 2.45) is 0 Å². The van der Waals surface area contributed by atoms with Gasteiger partial charge in [-0.1, -0.05) is 29.4 Å². The van der Waals surface area contributed by atoms with Crippen molar-refractivity contribution in [3.8, 4) is 11.4 Å². The fourth-order valence-electron chi connectivity index (χ4n) is 4.35. The molecule has 33 heavy (non-hydrogen) atoms. The molecule has 2 heterocycles. The number of hydrogen-bond donors (Lipinski definition) is 2. The van der Waals surface area contributed by atoms with Gasteiger partial charge in [-0.15, -0.1) is 0 Å². The lowest BCUT2D eigenvalue weighted by Crippen LogP contribution is -2.44. The molecule has 168 valence electrons. The minimum absolute atomic E-state index is 0.140. The summed E-state index contributed by atoms with van der Waals surface area (Å²) in [5.41, 5.74) is 1.24. The van der Waals surface area contributed by atoms with Gasteiger partial charge in [0, 0.05) is 5.56 Å². The van der Waals surface area contributed by atoms with Gasteiger partial charge in [0.25, 0.3) is 5.91 Å². The average molecular weight is 449 g/mol. The molecular formula is C23H20FN5O4. The molecule has 1 saturated heterocycles. The second-order valence-electron chi connectivity index (χ2n) is 8.14. The lowest BCUT2D eigenvalue weighted by atomic mass is 9.92. The van der Waals surface area contributed by atoms with Crippen LogP contribution in [0.15, 0.2) is 53.1 Å². The van der Waals surface area contributed by atoms with Crippen LogP contribution >= 0.6 is 0 Å². The molecule has 0 bridgehead atoms. The van der Waals surface area contributed by atoms with E-state index in [0.717, 1.165) is 16.0 Å². The number of fused-ring (bicyclic) bond motifs is 2. The highest BCUT2D eigenvalue weighted by Gasteiger charge is 2.55. The smallest absolute Gasteiger partial charge is 0.325 e. The Morgan fingerprint density at radius 3 is 2.79 bits per heavy atom. The molecule has 9 nitrogen and oxygen atoms in total. The van der Waals surface area contributed by atoms with E-state index < -0.39 is 36.0 Å². The van der Waals surface area contributed by atoms with Gasteiger partial charge in [0.05, 0.1) is 0 Å². The van der Waals surface area contributed by atoms with E-state index in [1.165, 1.54) is 24.3 Å². The number of urea groups is 1. The predicted octanol–water partition coefficient (Wildman–Crippen LogP) is 2.45. The molecule has 2 N–H and O–H groups in total. The zero-order valence-electron chi connectivity index (χ0n) is 17.7. The van der Waals surface area contributed by atoms with Gasteiger partial charge in [0.15, 0.2) is 0 Å². The number of rotatable bonds is 5. The van der Waals surface area contributed by atoms with Crippen LogP contribution in [0.1, 0.15) is 36.4 Å². The minimum Gasteiger partial charge on any atom is -0.343 e. The van der Waals surface area contributed by atoms with E-state index in [4.69, 9.17) is 4.52 Å². The van der Waals surface area contributed by atoms with Crippen molar-refractivity contribution >= 4 is 17.8 Å². The molecule has 5 rings (SSSR count). The summed E-state index contributed by atoms with van der Waals surface area (Å²) in [6.07, 6.45) is 1.13. The van der Waals surface area contributed by atoms with Gasteiger partial charge in [-0.3, -0.25) is 14.5 Å². The van der Waals surface area contributed by atoms with E-state index in [2.05, 4.69) is 20.8 Å². The number of imide groups is 1. The summed E-state index contributed by atoms with van der Waals surface area (Å²) in [5.74, 6) is -0.970. The number of hydrogen-bond acceptors (Lipinski definition) is 6. The third-order valence-electron chi connectivity index (χ3n) is 6.02. The van der Waals surface area contributed by atoms with Crippen LogP contribution in [0.4, 0.5) is 9.18 Å². The fraction of sp³-hybridized carbons (Fsp3) is 0.261. The van der Waals surface area contributed by atoms with E-state index in [-0.39, 0.29) is 17.5 Å². The van der Waals surface area contributed by atoms with Crippen LogP contribution in [0.5, 0.6) is 0 Å². The molecule has 2 aromatic carbocycles. The van der Waals surface area contributed by atoms with E-state index in [1.807, 2.05) is 24.3 Å². The molecule has 2 atom stereocenters. The topological polar surface area (TPSA) is 117 Å². The molecule has 1 spiro atoms. The van der Waals surface area contributed by atoms with E-state index in [9.17, 15) is 18.8 Å². The number of nitrogens with one attached hydrogen (secondary N) is 2. The first-order chi connectivity index (χ1) is 15.9. The maximum Gasteiger partial charge on any atom is 0.325 e. The molecule has 0 saturated carbocycles. The Bertz CT molecular complexity index is 1260. The van der Waals surface area contributed by atoms with Crippen LogP contribution in [-0.4, -0.2) is 39.4 Å². The Morgan fingerprint density at radius 2 is 2.00 bits per heavy atom. The van der Waals surface area contributed by atoms with Crippen molar-refractivity contribution in [1.82, 2.24) is 25.7 Å². The first kappa shape index (κ1) is 20.8. The summed E-state index contributed by atoms with van der Waals surface area (Å²) in [5, 5.41) is 9.31. The Morgan fingerprint density at radius 1 is 1.24 bits per heavy atom. The average Bonchev–Trinajstić information content (AvgIpc) is 3.49. The highest BCUT2D eigenvalue weighted by atomic mass is 19.1. The van der Waals surface area contributed by atoms with Crippen LogP contribution < -0.4 is 10.6 Å². The van der Waals surface area contributed by atoms with E-state index in [1.54, 1.807) is 6.92 Å². The number of carbonyl (C=O) groups excluding carboxylic acids is 3. The highest BCUT2D eigenvalue weighted by molar-refractivity contribution is 6.09. The summed E-state index contributed by atoms with van der Waals surface area (Å²) in [7, 11) is 0. The molecular weight excluding hydrogens is 429 g/mol. The molecule has 10 heteroatoms. The van der Waals surface area contributed by atoms with Crippen molar-refractivity contribution in [3.63, 3.8) is 0 Å². The maximum atomic E-state index is 13.2. The third-order valence-corrected chi connectivity index (χ3v) is 6.02. The zero-order valence-corrected chi connectivity index (χ0v) is 17.7. The summed E-state index contributed by atoms with van der Waals surface area (Å²) < 4.78 is 18.3. The van der Waals surface area contributed by atoms with Crippen LogP contribution in [0.25, 0.3) is 11.4 Å². The van der Waals surface area contributed by atoms with Gasteiger partial charge in [-0.2, -0.15) is 4.98 Å². The van der Waals surface area contributed by atoms with Gasteiger partial charge in [-0.25, -0.2) is 9.18 Å². The van der Waals surface area contributed by atoms with Gasteiger partial charge in [-0.05, 0) is 55.2 Å². The number of carbonyl (C=O) groups is 3. The summed E-state index contributed by atoms with van der Waals surface area (Å²) in [6, 6.07) is 11.8. The zero-order chi connectivity index (χ0) is 23.2. The lowest BCUT2D eigenvalue weighted by molar-refractivity contribution is -0.135. The Balaban J connectivity index is 1.26. The van der Waals surface area contributed by atoms with Gasteiger partial charge >= 0.3 is 6.03 Å². The van der Waals surface area contributed by atoms with Crippen LogP contribution in [0.3, 0.4) is 0 Å². The van der Waals surface area contributed by atoms with Gasteiger partial charge in [0.1, 0.15) is 23.9 Å². The molecule has 1 aliphatic carbocycles. The first-order valence-corrected chi connectivity index (χ1v) is 10.5. The third kappa shape index (κ3) is 3.53. The molecule has 1 aromatic heterocycles. The number of amides is 4. The first-order valence-electron chi connectivity index (χ1n) is 10.5. The minimum atomic E-state index is -1.11. The maximum absolute atomic E-state index is 13.2. The molecule has 3 aromatic rings. The number of halogens is 1.